The first-order chi connectivity index (χ1) is 8.63. The molecule has 0 saturated carbocycles. The van der Waals surface area contributed by atoms with Crippen LogP contribution in [-0.4, -0.2) is 41.0 Å². The van der Waals surface area contributed by atoms with E-state index in [0.29, 0.717) is 0 Å². The van der Waals surface area contributed by atoms with E-state index in [0.717, 1.165) is 5.56 Å². The summed E-state index contributed by atoms with van der Waals surface area (Å²) in [5, 5.41) is 21.6. The fraction of sp³-hybridized carbons (Fsp3) is 0.462. The highest BCUT2D eigenvalue weighted by Crippen LogP contribution is 2.19. The molecular weight excluding hydrogens is 234 g/mol. The maximum absolute atomic E-state index is 11.7. The van der Waals surface area contributed by atoms with Crippen LogP contribution in [0.4, 0.5) is 0 Å². The number of carbonyl (C=O) groups is 1. The number of aliphatic hydroxyl groups excluding tert-OH is 1. The third-order valence-electron chi connectivity index (χ3n) is 3.06. The van der Waals surface area contributed by atoms with E-state index >= 15 is 0 Å². The van der Waals surface area contributed by atoms with Crippen molar-refractivity contribution in [1.29, 1.82) is 0 Å². The molecule has 2 atom stereocenters. The van der Waals surface area contributed by atoms with Crippen LogP contribution >= 0.6 is 0 Å². The first kappa shape index (κ1) is 13.0. The Morgan fingerprint density at radius 2 is 2.17 bits per heavy atom. The molecule has 5 nitrogen and oxygen atoms in total. The molecule has 0 spiro atoms. The summed E-state index contributed by atoms with van der Waals surface area (Å²) in [4.78, 5) is 11.7. The summed E-state index contributed by atoms with van der Waals surface area (Å²) in [5.74, 6) is -0.400. The van der Waals surface area contributed by atoms with Crippen LogP contribution in [0.1, 0.15) is 12.0 Å². The van der Waals surface area contributed by atoms with Crippen molar-refractivity contribution in [1.82, 2.24) is 5.32 Å². The van der Waals surface area contributed by atoms with Crippen LogP contribution in [0.2, 0.25) is 0 Å². The van der Waals surface area contributed by atoms with Gasteiger partial charge in [0.15, 0.2) is 0 Å². The van der Waals surface area contributed by atoms with Crippen molar-refractivity contribution < 1.29 is 19.7 Å². The van der Waals surface area contributed by atoms with Gasteiger partial charge in [-0.2, -0.15) is 0 Å². The number of rotatable bonds is 4. The minimum absolute atomic E-state index is 0.178. The lowest BCUT2D eigenvalue weighted by Crippen LogP contribution is -2.35. The first-order valence-corrected chi connectivity index (χ1v) is 5.90. The molecule has 1 fully saturated rings. The van der Waals surface area contributed by atoms with Crippen LogP contribution < -0.4 is 5.32 Å². The van der Waals surface area contributed by atoms with Crippen LogP contribution in [0.15, 0.2) is 30.3 Å². The van der Waals surface area contributed by atoms with Gasteiger partial charge in [0.1, 0.15) is 18.2 Å². The Bertz CT molecular complexity index is 409. The largest absolute Gasteiger partial charge is 0.460 e. The monoisotopic (exact) mass is 251 g/mol. The van der Waals surface area contributed by atoms with Gasteiger partial charge >= 0.3 is 5.97 Å². The van der Waals surface area contributed by atoms with E-state index in [1.54, 1.807) is 0 Å². The lowest BCUT2D eigenvalue weighted by Gasteiger charge is -2.17. The van der Waals surface area contributed by atoms with Crippen molar-refractivity contribution in [2.75, 3.05) is 13.2 Å². The molecule has 2 rings (SSSR count). The van der Waals surface area contributed by atoms with E-state index < -0.39 is 17.6 Å². The maximum atomic E-state index is 11.7. The van der Waals surface area contributed by atoms with E-state index in [9.17, 15) is 9.90 Å². The highest BCUT2D eigenvalue weighted by Gasteiger charge is 2.40. The Hall–Kier alpha value is -1.43. The molecule has 0 radical (unpaired) electrons. The Morgan fingerprint density at radius 1 is 1.44 bits per heavy atom. The molecular formula is C13H17NO4. The molecule has 1 aromatic carbocycles. The van der Waals surface area contributed by atoms with Gasteiger partial charge in [-0.15, -0.1) is 0 Å². The highest BCUT2D eigenvalue weighted by atomic mass is 16.5. The zero-order valence-corrected chi connectivity index (χ0v) is 10.0. The van der Waals surface area contributed by atoms with Gasteiger partial charge in [-0.05, 0) is 5.56 Å². The predicted molar refractivity (Wildman–Crippen MR) is 64.7 cm³/mol. The van der Waals surface area contributed by atoms with Crippen LogP contribution in [0.3, 0.4) is 0 Å². The first-order valence-electron chi connectivity index (χ1n) is 5.90. The van der Waals surface area contributed by atoms with Gasteiger partial charge in [-0.25, -0.2) is 0 Å². The Kier molecular flexibility index (Phi) is 3.96. The number of hydrogen-bond donors (Lipinski definition) is 3. The zero-order chi connectivity index (χ0) is 13.0. The number of hydrogen-bond acceptors (Lipinski definition) is 5. The Balaban J connectivity index is 1.83. The Morgan fingerprint density at radius 3 is 2.78 bits per heavy atom. The molecule has 18 heavy (non-hydrogen) atoms. The molecule has 98 valence electrons. The van der Waals surface area contributed by atoms with Crippen LogP contribution in [-0.2, 0) is 16.1 Å². The lowest BCUT2D eigenvalue weighted by atomic mass is 10.0. The minimum atomic E-state index is -1.21. The molecule has 3 N–H and O–H groups in total. The van der Waals surface area contributed by atoms with Crippen LogP contribution in [0.25, 0.3) is 0 Å². The minimum Gasteiger partial charge on any atom is -0.460 e. The zero-order valence-electron chi connectivity index (χ0n) is 10.0. The highest BCUT2D eigenvalue weighted by molar-refractivity contribution is 5.76. The van der Waals surface area contributed by atoms with Gasteiger partial charge in [0.25, 0.3) is 0 Å². The number of benzene rings is 1. The van der Waals surface area contributed by atoms with Crippen molar-refractivity contribution in [3.8, 4) is 0 Å². The van der Waals surface area contributed by atoms with Crippen LogP contribution in [0.5, 0.6) is 0 Å². The van der Waals surface area contributed by atoms with Crippen molar-refractivity contribution in [2.24, 2.45) is 0 Å². The standard InChI is InChI=1S/C13H17NO4/c15-9-13(17)6-11(14-8-13)12(16)18-7-10-4-2-1-3-5-10/h1-5,11,14-15,17H,6-9H2/t11-,13-/m0/s1. The fourth-order valence-electron chi connectivity index (χ4n) is 1.95. The quantitative estimate of drug-likeness (QED) is 0.647. The second kappa shape index (κ2) is 5.48. The SMILES string of the molecule is O=C(OCc1ccccc1)[C@@H]1C[C@@](O)(CO)CN1. The predicted octanol–water partition coefficient (Wildman–Crippen LogP) is -0.185. The number of carbonyl (C=O) groups excluding carboxylic acids is 1. The Labute approximate surface area is 105 Å². The van der Waals surface area contributed by atoms with Gasteiger partial charge < -0.3 is 20.3 Å². The summed E-state index contributed by atoms with van der Waals surface area (Å²) in [6.07, 6.45) is 0.178. The number of esters is 1. The van der Waals surface area contributed by atoms with Gasteiger partial charge in [0, 0.05) is 13.0 Å². The molecule has 1 aromatic rings. The number of β-amino-alcohol motifs (C(OH)–C–C–N with tert-alkyl or cyclic N) is 1. The third-order valence-corrected chi connectivity index (χ3v) is 3.06. The summed E-state index contributed by atoms with van der Waals surface area (Å²) >= 11 is 0. The second-order valence-electron chi connectivity index (χ2n) is 4.61. The molecule has 0 amide bonds. The van der Waals surface area contributed by atoms with Crippen LogP contribution in [0, 0.1) is 0 Å². The molecule has 0 unspecified atom stereocenters. The summed E-state index contributed by atoms with van der Waals surface area (Å²) in [5.41, 5.74) is -0.294. The van der Waals surface area contributed by atoms with E-state index in [1.807, 2.05) is 30.3 Å². The molecule has 1 saturated heterocycles. The third kappa shape index (κ3) is 3.07. The van der Waals surface area contributed by atoms with Gasteiger partial charge in [0.2, 0.25) is 0 Å². The molecule has 0 bridgehead atoms. The second-order valence-corrected chi connectivity index (χ2v) is 4.61. The van der Waals surface area contributed by atoms with Crippen molar-refractivity contribution >= 4 is 5.97 Å². The summed E-state index contributed by atoms with van der Waals surface area (Å²) in [6.45, 7) is 0.0620. The average Bonchev–Trinajstić information content (AvgIpc) is 2.81. The lowest BCUT2D eigenvalue weighted by molar-refractivity contribution is -0.147. The van der Waals surface area contributed by atoms with E-state index in [1.165, 1.54) is 0 Å². The summed E-state index contributed by atoms with van der Waals surface area (Å²) in [7, 11) is 0. The van der Waals surface area contributed by atoms with Gasteiger partial charge in [-0.1, -0.05) is 30.3 Å². The smallest absolute Gasteiger partial charge is 0.323 e. The maximum Gasteiger partial charge on any atom is 0.323 e. The summed E-state index contributed by atoms with van der Waals surface area (Å²) in [6, 6.07) is 8.85. The van der Waals surface area contributed by atoms with E-state index in [4.69, 9.17) is 9.84 Å². The average molecular weight is 251 g/mol. The molecule has 1 heterocycles. The normalized spacial score (nSPS) is 27.1. The number of nitrogens with one attached hydrogen (secondary N) is 1. The summed E-state index contributed by atoms with van der Waals surface area (Å²) < 4.78 is 5.16. The fourth-order valence-corrected chi connectivity index (χ4v) is 1.95. The molecule has 0 aromatic heterocycles. The molecule has 1 aliphatic heterocycles. The topological polar surface area (TPSA) is 78.8 Å². The number of aliphatic hydroxyl groups is 2. The van der Waals surface area contributed by atoms with E-state index in [-0.39, 0.29) is 26.2 Å². The van der Waals surface area contributed by atoms with Gasteiger partial charge in [-0.3, -0.25) is 4.79 Å². The number of ether oxygens (including phenoxy) is 1. The molecule has 0 aliphatic carbocycles. The molecule has 5 heteroatoms. The van der Waals surface area contributed by atoms with Crippen molar-refractivity contribution in [3.05, 3.63) is 35.9 Å². The van der Waals surface area contributed by atoms with Crippen molar-refractivity contribution in [2.45, 2.75) is 24.7 Å². The van der Waals surface area contributed by atoms with Gasteiger partial charge in [0.05, 0.1) is 6.61 Å². The molecule has 1 aliphatic rings. The van der Waals surface area contributed by atoms with E-state index in [2.05, 4.69) is 5.32 Å². The van der Waals surface area contributed by atoms with Crippen molar-refractivity contribution in [3.63, 3.8) is 0 Å².